The number of hydrogen-bond acceptors (Lipinski definition) is 3. The summed E-state index contributed by atoms with van der Waals surface area (Å²) in [7, 11) is 0. The summed E-state index contributed by atoms with van der Waals surface area (Å²) in [5.74, 6) is 0.289. The lowest BCUT2D eigenvalue weighted by atomic mass is 10.1. The standard InChI is InChI=1S/C17H15F3N4/c1-10-4-5-11(2)14(8-10)22-23-16-12(3)21-15-7-6-13(9-24(15)16)17(18,19)20/h4-9H,1-3H3. The number of fused-ring (bicyclic) bond motifs is 1. The highest BCUT2D eigenvalue weighted by Gasteiger charge is 2.31. The van der Waals surface area contributed by atoms with Crippen LogP contribution in [0.25, 0.3) is 5.65 Å². The molecular weight excluding hydrogens is 317 g/mol. The quantitative estimate of drug-likeness (QED) is 0.556. The average molecular weight is 332 g/mol. The van der Waals surface area contributed by atoms with E-state index in [1.54, 1.807) is 6.92 Å². The lowest BCUT2D eigenvalue weighted by Gasteiger charge is -2.07. The number of pyridine rings is 1. The zero-order valence-electron chi connectivity index (χ0n) is 13.4. The molecule has 4 nitrogen and oxygen atoms in total. The van der Waals surface area contributed by atoms with E-state index in [0.717, 1.165) is 23.4 Å². The van der Waals surface area contributed by atoms with Crippen molar-refractivity contribution in [1.82, 2.24) is 9.38 Å². The molecule has 0 atom stereocenters. The maximum Gasteiger partial charge on any atom is 0.417 e. The van der Waals surface area contributed by atoms with Gasteiger partial charge >= 0.3 is 6.18 Å². The molecule has 0 aliphatic rings. The van der Waals surface area contributed by atoms with Crippen molar-refractivity contribution in [3.8, 4) is 0 Å². The predicted octanol–water partition coefficient (Wildman–Crippen LogP) is 5.69. The zero-order valence-corrected chi connectivity index (χ0v) is 13.4. The number of rotatable bonds is 2. The summed E-state index contributed by atoms with van der Waals surface area (Å²) >= 11 is 0. The molecule has 0 saturated heterocycles. The van der Waals surface area contributed by atoms with E-state index >= 15 is 0 Å². The first kappa shape index (κ1) is 16.2. The lowest BCUT2D eigenvalue weighted by molar-refractivity contribution is -0.137. The summed E-state index contributed by atoms with van der Waals surface area (Å²) in [5.41, 5.74) is 2.81. The van der Waals surface area contributed by atoms with E-state index in [0.29, 0.717) is 17.0 Å². The largest absolute Gasteiger partial charge is 0.417 e. The van der Waals surface area contributed by atoms with Crippen LogP contribution >= 0.6 is 0 Å². The highest BCUT2D eigenvalue weighted by atomic mass is 19.4. The molecule has 0 N–H and O–H groups in total. The van der Waals surface area contributed by atoms with E-state index in [-0.39, 0.29) is 5.82 Å². The van der Waals surface area contributed by atoms with Crippen molar-refractivity contribution in [2.75, 3.05) is 0 Å². The van der Waals surface area contributed by atoms with Crippen molar-refractivity contribution in [2.24, 2.45) is 10.2 Å². The van der Waals surface area contributed by atoms with E-state index in [4.69, 9.17) is 0 Å². The van der Waals surface area contributed by atoms with Crippen molar-refractivity contribution in [3.63, 3.8) is 0 Å². The fourth-order valence-electron chi connectivity index (χ4n) is 2.37. The number of benzene rings is 1. The van der Waals surface area contributed by atoms with Crippen molar-refractivity contribution in [3.05, 3.63) is 58.9 Å². The molecule has 2 heterocycles. The molecule has 0 amide bonds. The second kappa shape index (κ2) is 5.74. The Morgan fingerprint density at radius 1 is 1.00 bits per heavy atom. The molecule has 3 aromatic rings. The Kier molecular flexibility index (Phi) is 3.87. The van der Waals surface area contributed by atoms with E-state index in [1.165, 1.54) is 10.5 Å². The van der Waals surface area contributed by atoms with E-state index in [2.05, 4.69) is 15.2 Å². The van der Waals surface area contributed by atoms with Gasteiger partial charge in [0, 0.05) is 6.20 Å². The van der Waals surface area contributed by atoms with Gasteiger partial charge in [-0.25, -0.2) is 4.98 Å². The van der Waals surface area contributed by atoms with Crippen LogP contribution in [0.2, 0.25) is 0 Å². The molecule has 0 radical (unpaired) electrons. The second-order valence-electron chi connectivity index (χ2n) is 5.65. The minimum absolute atomic E-state index is 0.289. The van der Waals surface area contributed by atoms with Gasteiger partial charge in [0.15, 0.2) is 5.82 Å². The van der Waals surface area contributed by atoms with Crippen LogP contribution < -0.4 is 0 Å². The van der Waals surface area contributed by atoms with Crippen LogP contribution in [-0.4, -0.2) is 9.38 Å². The van der Waals surface area contributed by atoms with E-state index < -0.39 is 11.7 Å². The number of aryl methyl sites for hydroxylation is 3. The van der Waals surface area contributed by atoms with Gasteiger partial charge in [0.2, 0.25) is 0 Å². The SMILES string of the molecule is Cc1ccc(C)c(N=Nc2c(C)nc3ccc(C(F)(F)F)cn23)c1. The number of aromatic nitrogens is 2. The van der Waals surface area contributed by atoms with E-state index in [9.17, 15) is 13.2 Å². The predicted molar refractivity (Wildman–Crippen MR) is 85.0 cm³/mol. The fraction of sp³-hybridized carbons (Fsp3) is 0.235. The van der Waals surface area contributed by atoms with Gasteiger partial charge in [0.1, 0.15) is 5.65 Å². The molecule has 0 fully saturated rings. The number of imidazole rings is 1. The Labute approximate surface area is 136 Å². The Morgan fingerprint density at radius 3 is 2.46 bits per heavy atom. The molecule has 1 aromatic carbocycles. The molecule has 2 aromatic heterocycles. The summed E-state index contributed by atoms with van der Waals surface area (Å²) < 4.78 is 40.1. The van der Waals surface area contributed by atoms with Gasteiger partial charge in [-0.1, -0.05) is 12.1 Å². The van der Waals surface area contributed by atoms with Gasteiger partial charge in [-0.15, -0.1) is 10.2 Å². The minimum atomic E-state index is -4.42. The average Bonchev–Trinajstić information content (AvgIpc) is 2.82. The number of hydrogen-bond donors (Lipinski definition) is 0. The molecule has 0 bridgehead atoms. The van der Waals surface area contributed by atoms with Crippen molar-refractivity contribution >= 4 is 17.2 Å². The third kappa shape index (κ3) is 3.02. The van der Waals surface area contributed by atoms with Gasteiger partial charge < -0.3 is 0 Å². The molecule has 0 saturated carbocycles. The van der Waals surface area contributed by atoms with Gasteiger partial charge in [0.05, 0.1) is 16.9 Å². The summed E-state index contributed by atoms with van der Waals surface area (Å²) in [6.07, 6.45) is -3.43. The molecule has 0 aliphatic heterocycles. The Balaban J connectivity index is 2.10. The molecule has 0 spiro atoms. The van der Waals surface area contributed by atoms with Crippen LogP contribution in [0.4, 0.5) is 24.7 Å². The van der Waals surface area contributed by atoms with Crippen molar-refractivity contribution in [2.45, 2.75) is 26.9 Å². The van der Waals surface area contributed by atoms with Crippen LogP contribution in [0, 0.1) is 20.8 Å². The lowest BCUT2D eigenvalue weighted by Crippen LogP contribution is -2.06. The normalized spacial score (nSPS) is 12.4. The second-order valence-corrected chi connectivity index (χ2v) is 5.65. The summed E-state index contributed by atoms with van der Waals surface area (Å²) in [6.45, 7) is 5.53. The minimum Gasteiger partial charge on any atom is -0.282 e. The summed E-state index contributed by atoms with van der Waals surface area (Å²) in [6, 6.07) is 8.09. The van der Waals surface area contributed by atoms with Crippen molar-refractivity contribution < 1.29 is 13.2 Å². The maximum atomic E-state index is 12.9. The summed E-state index contributed by atoms with van der Waals surface area (Å²) in [4.78, 5) is 4.23. The number of azo groups is 1. The maximum absolute atomic E-state index is 12.9. The highest BCUT2D eigenvalue weighted by molar-refractivity contribution is 5.53. The third-order valence-corrected chi connectivity index (χ3v) is 3.71. The van der Waals surface area contributed by atoms with Crippen LogP contribution in [0.1, 0.15) is 22.4 Å². The molecule has 0 aliphatic carbocycles. The van der Waals surface area contributed by atoms with Crippen LogP contribution in [0.15, 0.2) is 46.8 Å². The van der Waals surface area contributed by atoms with Crippen molar-refractivity contribution in [1.29, 1.82) is 0 Å². The Bertz CT molecular complexity index is 939. The smallest absolute Gasteiger partial charge is 0.282 e. The first-order valence-electron chi connectivity index (χ1n) is 7.30. The first-order valence-corrected chi connectivity index (χ1v) is 7.30. The van der Waals surface area contributed by atoms with Gasteiger partial charge in [-0.05, 0) is 50.1 Å². The molecular formula is C17H15F3N4. The molecule has 3 rings (SSSR count). The van der Waals surface area contributed by atoms with Gasteiger partial charge in [-0.3, -0.25) is 4.40 Å². The van der Waals surface area contributed by atoms with Gasteiger partial charge in [-0.2, -0.15) is 13.2 Å². The highest BCUT2D eigenvalue weighted by Crippen LogP contribution is 2.32. The number of halogens is 3. The first-order chi connectivity index (χ1) is 11.3. The zero-order chi connectivity index (χ0) is 17.5. The Hall–Kier alpha value is -2.70. The van der Waals surface area contributed by atoms with Crippen LogP contribution in [0.5, 0.6) is 0 Å². The van der Waals surface area contributed by atoms with E-state index in [1.807, 2.05) is 32.0 Å². The van der Waals surface area contributed by atoms with Gasteiger partial charge in [0.25, 0.3) is 0 Å². The topological polar surface area (TPSA) is 42.0 Å². The number of nitrogens with zero attached hydrogens (tertiary/aromatic N) is 4. The van der Waals surface area contributed by atoms with Crippen LogP contribution in [-0.2, 0) is 6.18 Å². The molecule has 124 valence electrons. The molecule has 0 unspecified atom stereocenters. The Morgan fingerprint density at radius 2 is 1.75 bits per heavy atom. The fourth-order valence-corrected chi connectivity index (χ4v) is 2.37. The molecule has 7 heteroatoms. The molecule has 24 heavy (non-hydrogen) atoms. The third-order valence-electron chi connectivity index (χ3n) is 3.71. The monoisotopic (exact) mass is 332 g/mol. The summed E-state index contributed by atoms with van der Waals surface area (Å²) in [5, 5.41) is 8.34. The number of alkyl halides is 3. The van der Waals surface area contributed by atoms with Crippen LogP contribution in [0.3, 0.4) is 0 Å².